The predicted molar refractivity (Wildman–Crippen MR) is 82.2 cm³/mol. The van der Waals surface area contributed by atoms with Gasteiger partial charge < -0.3 is 14.4 Å². The van der Waals surface area contributed by atoms with Crippen LogP contribution in [0.25, 0.3) is 10.9 Å². The van der Waals surface area contributed by atoms with Crippen LogP contribution in [0.15, 0.2) is 35.0 Å². The highest BCUT2D eigenvalue weighted by Crippen LogP contribution is 2.21. The van der Waals surface area contributed by atoms with E-state index < -0.39 is 0 Å². The summed E-state index contributed by atoms with van der Waals surface area (Å²) in [6.45, 7) is 5.56. The molecule has 0 radical (unpaired) electrons. The van der Waals surface area contributed by atoms with Gasteiger partial charge in [-0.2, -0.15) is 4.98 Å². The number of nitrogens with one attached hydrogen (secondary N) is 1. The van der Waals surface area contributed by atoms with E-state index in [1.807, 2.05) is 7.05 Å². The van der Waals surface area contributed by atoms with Crippen LogP contribution in [0.2, 0.25) is 0 Å². The highest BCUT2D eigenvalue weighted by molar-refractivity contribution is 5.83. The molecule has 110 valence electrons. The lowest BCUT2D eigenvalue weighted by atomic mass is 10.1. The molecule has 0 saturated carbocycles. The maximum atomic E-state index is 5.35. The molecule has 0 spiro atoms. The van der Waals surface area contributed by atoms with E-state index in [4.69, 9.17) is 4.52 Å². The molecule has 1 N–H and O–H groups in total. The summed E-state index contributed by atoms with van der Waals surface area (Å²) in [5, 5.41) is 8.46. The van der Waals surface area contributed by atoms with Gasteiger partial charge in [-0.3, -0.25) is 0 Å². The molecule has 5 nitrogen and oxygen atoms in total. The average Bonchev–Trinajstić information content (AvgIpc) is 3.08. The molecule has 0 bridgehead atoms. The van der Waals surface area contributed by atoms with E-state index in [1.54, 1.807) is 0 Å². The molecule has 0 amide bonds. The topological polar surface area (TPSA) is 55.9 Å². The monoisotopic (exact) mass is 284 g/mol. The van der Waals surface area contributed by atoms with Gasteiger partial charge in [0.05, 0.1) is 5.52 Å². The summed E-state index contributed by atoms with van der Waals surface area (Å²) in [6, 6.07) is 8.47. The Hall–Kier alpha value is -2.14. The minimum atomic E-state index is 0.281. The lowest BCUT2D eigenvalue weighted by Gasteiger charge is -2.07. The molecule has 0 aliphatic carbocycles. The fourth-order valence-corrected chi connectivity index (χ4v) is 2.52. The lowest BCUT2D eigenvalue weighted by molar-refractivity contribution is 0.366. The Kier molecular flexibility index (Phi) is 3.75. The molecule has 1 aromatic carbocycles. The lowest BCUT2D eigenvalue weighted by Crippen LogP contribution is -2.08. The van der Waals surface area contributed by atoms with Crippen molar-refractivity contribution in [1.29, 1.82) is 0 Å². The van der Waals surface area contributed by atoms with E-state index in [0.29, 0.717) is 12.4 Å². The first-order valence-corrected chi connectivity index (χ1v) is 7.23. The summed E-state index contributed by atoms with van der Waals surface area (Å²) >= 11 is 0. The minimum Gasteiger partial charge on any atom is -0.338 e. The number of aromatic nitrogens is 3. The fourth-order valence-electron chi connectivity index (χ4n) is 2.52. The van der Waals surface area contributed by atoms with Gasteiger partial charge in [0.1, 0.15) is 6.54 Å². The first-order valence-electron chi connectivity index (χ1n) is 7.23. The first-order chi connectivity index (χ1) is 10.2. The van der Waals surface area contributed by atoms with Crippen LogP contribution in [0, 0.1) is 0 Å². The van der Waals surface area contributed by atoms with Crippen molar-refractivity contribution in [3.8, 4) is 0 Å². The van der Waals surface area contributed by atoms with Gasteiger partial charge in [-0.15, -0.1) is 0 Å². The third-order valence-corrected chi connectivity index (χ3v) is 3.55. The van der Waals surface area contributed by atoms with Crippen molar-refractivity contribution in [3.05, 3.63) is 47.7 Å². The van der Waals surface area contributed by atoms with Crippen LogP contribution in [0.5, 0.6) is 0 Å². The number of rotatable bonds is 5. The number of fused-ring (bicyclic) bond motifs is 1. The van der Waals surface area contributed by atoms with E-state index in [-0.39, 0.29) is 5.92 Å². The van der Waals surface area contributed by atoms with Crippen LogP contribution in [0.1, 0.15) is 37.0 Å². The zero-order valence-electron chi connectivity index (χ0n) is 12.6. The number of hydrogen-bond acceptors (Lipinski definition) is 4. The van der Waals surface area contributed by atoms with Gasteiger partial charge in [0.25, 0.3) is 0 Å². The van der Waals surface area contributed by atoms with E-state index in [9.17, 15) is 0 Å². The van der Waals surface area contributed by atoms with Gasteiger partial charge in [-0.05, 0) is 24.1 Å². The summed E-state index contributed by atoms with van der Waals surface area (Å²) in [4.78, 5) is 4.45. The molecule has 0 saturated heterocycles. The summed E-state index contributed by atoms with van der Waals surface area (Å²) in [6.07, 6.45) is 2.07. The summed E-state index contributed by atoms with van der Waals surface area (Å²) in [7, 11) is 1.96. The van der Waals surface area contributed by atoms with Crippen molar-refractivity contribution in [2.45, 2.75) is 32.9 Å². The first kappa shape index (κ1) is 13.8. The number of nitrogens with zero attached hydrogens (tertiary/aromatic N) is 3. The van der Waals surface area contributed by atoms with Crippen molar-refractivity contribution >= 4 is 10.9 Å². The maximum absolute atomic E-state index is 5.35. The van der Waals surface area contributed by atoms with Gasteiger partial charge in [0, 0.05) is 18.7 Å². The van der Waals surface area contributed by atoms with Crippen LogP contribution < -0.4 is 5.32 Å². The van der Waals surface area contributed by atoms with Gasteiger partial charge in [-0.1, -0.05) is 37.2 Å². The predicted octanol–water partition coefficient (Wildman–Crippen LogP) is 2.92. The molecule has 5 heteroatoms. The molecular weight excluding hydrogens is 264 g/mol. The van der Waals surface area contributed by atoms with Gasteiger partial charge in [0.15, 0.2) is 5.82 Å². The normalized spacial score (nSPS) is 11.6. The Balaban J connectivity index is 1.96. The Bertz CT molecular complexity index is 742. The Morgan fingerprint density at radius 3 is 2.86 bits per heavy atom. The highest BCUT2D eigenvalue weighted by Gasteiger charge is 2.12. The van der Waals surface area contributed by atoms with Crippen molar-refractivity contribution in [3.63, 3.8) is 0 Å². The Labute approximate surface area is 124 Å². The number of hydrogen-bond donors (Lipinski definition) is 1. The smallest absolute Gasteiger partial charge is 0.246 e. The molecule has 2 aromatic heterocycles. The molecule has 0 aliphatic heterocycles. The van der Waals surface area contributed by atoms with Crippen molar-refractivity contribution in [1.82, 2.24) is 20.0 Å². The van der Waals surface area contributed by atoms with Crippen LogP contribution in [0.3, 0.4) is 0 Å². The second-order valence-corrected chi connectivity index (χ2v) is 5.53. The van der Waals surface area contributed by atoms with E-state index >= 15 is 0 Å². The quantitative estimate of drug-likeness (QED) is 0.782. The molecule has 21 heavy (non-hydrogen) atoms. The molecule has 0 unspecified atom stereocenters. The second-order valence-electron chi connectivity index (χ2n) is 5.53. The Morgan fingerprint density at radius 1 is 1.29 bits per heavy atom. The highest BCUT2D eigenvalue weighted by atomic mass is 16.5. The van der Waals surface area contributed by atoms with E-state index in [1.165, 1.54) is 16.5 Å². The molecule has 3 rings (SSSR count). The molecule has 3 aromatic rings. The zero-order valence-corrected chi connectivity index (χ0v) is 12.6. The van der Waals surface area contributed by atoms with Crippen LogP contribution in [-0.4, -0.2) is 21.8 Å². The molecule has 0 fully saturated rings. The van der Waals surface area contributed by atoms with E-state index in [0.717, 1.165) is 12.4 Å². The molecule has 2 heterocycles. The van der Waals surface area contributed by atoms with Crippen molar-refractivity contribution in [2.75, 3.05) is 7.05 Å². The van der Waals surface area contributed by atoms with E-state index in [2.05, 4.69) is 64.3 Å². The van der Waals surface area contributed by atoms with Crippen LogP contribution >= 0.6 is 0 Å². The minimum absolute atomic E-state index is 0.281. The summed E-state index contributed by atoms with van der Waals surface area (Å²) < 4.78 is 7.52. The average molecular weight is 284 g/mol. The Morgan fingerprint density at radius 2 is 2.14 bits per heavy atom. The summed E-state index contributed by atoms with van der Waals surface area (Å²) in [5.41, 5.74) is 2.49. The number of para-hydroxylation sites is 1. The fraction of sp³-hybridized carbons (Fsp3) is 0.375. The zero-order chi connectivity index (χ0) is 14.8. The third kappa shape index (κ3) is 2.69. The molecular formula is C16H20N4O. The maximum Gasteiger partial charge on any atom is 0.246 e. The van der Waals surface area contributed by atoms with Gasteiger partial charge >= 0.3 is 0 Å². The van der Waals surface area contributed by atoms with Crippen molar-refractivity contribution in [2.24, 2.45) is 0 Å². The molecule has 0 atom stereocenters. The third-order valence-electron chi connectivity index (χ3n) is 3.55. The SMILES string of the molecule is CNCc1cccc2ccn(Cc3nc(C(C)C)no3)c12. The van der Waals surface area contributed by atoms with Gasteiger partial charge in [-0.25, -0.2) is 0 Å². The van der Waals surface area contributed by atoms with Crippen molar-refractivity contribution < 1.29 is 4.52 Å². The molecule has 0 aliphatic rings. The summed E-state index contributed by atoms with van der Waals surface area (Å²) in [5.74, 6) is 1.69. The van der Waals surface area contributed by atoms with Gasteiger partial charge in [0.2, 0.25) is 5.89 Å². The van der Waals surface area contributed by atoms with Crippen LogP contribution in [0.4, 0.5) is 0 Å². The second kappa shape index (κ2) is 5.69. The van der Waals surface area contributed by atoms with Crippen LogP contribution in [-0.2, 0) is 13.1 Å². The number of benzene rings is 1. The standard InChI is InChI=1S/C16H20N4O/c1-11(2)16-18-14(21-19-16)10-20-8-7-12-5-4-6-13(9-17-3)15(12)20/h4-8,11,17H,9-10H2,1-3H3. The largest absolute Gasteiger partial charge is 0.338 e.